The largest absolute Gasteiger partial charge is 0.467 e. The number of amides is 1. The van der Waals surface area contributed by atoms with Gasteiger partial charge in [-0.3, -0.25) is 4.79 Å². The number of hydrogen-bond acceptors (Lipinski definition) is 3. The molecule has 0 radical (unpaired) electrons. The topological polar surface area (TPSA) is 45.5 Å². The number of nitrogens with zero attached hydrogens (tertiary/aromatic N) is 1. The first-order chi connectivity index (χ1) is 11.7. The Balaban J connectivity index is 1.97. The van der Waals surface area contributed by atoms with Crippen LogP contribution in [0.4, 0.5) is 13.2 Å². The van der Waals surface area contributed by atoms with E-state index < -0.39 is 18.6 Å². The minimum absolute atomic E-state index is 0.173. The lowest BCUT2D eigenvalue weighted by atomic mass is 10.1. The fourth-order valence-electron chi connectivity index (χ4n) is 2.26. The zero-order chi connectivity index (χ0) is 18.4. The third-order valence-corrected chi connectivity index (χ3v) is 4.11. The maximum Gasteiger partial charge on any atom is 0.406 e. The first-order valence-electron chi connectivity index (χ1n) is 7.60. The highest BCUT2D eigenvalue weighted by Gasteiger charge is 2.33. The molecule has 0 aliphatic heterocycles. The number of hydrogen-bond donors (Lipinski definition) is 1. The number of alkyl halides is 3. The zero-order valence-corrected chi connectivity index (χ0v) is 15.1. The van der Waals surface area contributed by atoms with Crippen molar-refractivity contribution in [1.82, 2.24) is 10.2 Å². The van der Waals surface area contributed by atoms with Crippen molar-refractivity contribution >= 4 is 21.8 Å². The molecule has 0 saturated heterocycles. The fourth-order valence-corrected chi connectivity index (χ4v) is 2.53. The smallest absolute Gasteiger partial charge is 0.406 e. The molecule has 136 valence electrons. The number of benzene rings is 1. The Kier molecular flexibility index (Phi) is 6.66. The minimum Gasteiger partial charge on any atom is -0.467 e. The summed E-state index contributed by atoms with van der Waals surface area (Å²) in [7, 11) is 0. The summed E-state index contributed by atoms with van der Waals surface area (Å²) in [5.74, 6) is -0.337. The molecule has 0 aliphatic rings. The SMILES string of the molecule is CC(NCC(=O)N(Cc1ccco1)CC(F)(F)F)c1ccc(Br)cc1. The van der Waals surface area contributed by atoms with Gasteiger partial charge in [-0.1, -0.05) is 28.1 Å². The van der Waals surface area contributed by atoms with Gasteiger partial charge in [0.05, 0.1) is 19.4 Å². The second kappa shape index (κ2) is 8.53. The zero-order valence-electron chi connectivity index (χ0n) is 13.5. The van der Waals surface area contributed by atoms with Crippen LogP contribution < -0.4 is 5.32 Å². The molecular weight excluding hydrogens is 401 g/mol. The van der Waals surface area contributed by atoms with Gasteiger partial charge < -0.3 is 14.6 Å². The highest BCUT2D eigenvalue weighted by Crippen LogP contribution is 2.19. The molecule has 0 bridgehead atoms. The lowest BCUT2D eigenvalue weighted by Gasteiger charge is -2.24. The van der Waals surface area contributed by atoms with E-state index in [2.05, 4.69) is 21.2 Å². The molecule has 1 aromatic carbocycles. The van der Waals surface area contributed by atoms with Crippen molar-refractivity contribution in [2.24, 2.45) is 0 Å². The van der Waals surface area contributed by atoms with Gasteiger partial charge in [-0.05, 0) is 36.8 Å². The van der Waals surface area contributed by atoms with Crippen LogP contribution in [0.1, 0.15) is 24.3 Å². The highest BCUT2D eigenvalue weighted by molar-refractivity contribution is 9.10. The quantitative estimate of drug-likeness (QED) is 0.729. The van der Waals surface area contributed by atoms with Gasteiger partial charge in [0.25, 0.3) is 0 Å². The van der Waals surface area contributed by atoms with E-state index in [0.717, 1.165) is 14.9 Å². The monoisotopic (exact) mass is 418 g/mol. The number of carbonyl (C=O) groups excluding carboxylic acids is 1. The van der Waals surface area contributed by atoms with Crippen LogP contribution in [0, 0.1) is 0 Å². The molecule has 1 N–H and O–H groups in total. The van der Waals surface area contributed by atoms with Crippen LogP contribution in [0.5, 0.6) is 0 Å². The van der Waals surface area contributed by atoms with Gasteiger partial charge in [-0.2, -0.15) is 13.2 Å². The van der Waals surface area contributed by atoms with Crippen LogP contribution in [0.15, 0.2) is 51.6 Å². The molecule has 1 atom stereocenters. The van der Waals surface area contributed by atoms with E-state index in [0.29, 0.717) is 5.76 Å². The first kappa shape index (κ1) is 19.5. The minimum atomic E-state index is -4.47. The summed E-state index contributed by atoms with van der Waals surface area (Å²) in [5.41, 5.74) is 0.935. The van der Waals surface area contributed by atoms with Crippen molar-refractivity contribution in [3.05, 3.63) is 58.5 Å². The average Bonchev–Trinajstić information content (AvgIpc) is 3.04. The molecule has 1 unspecified atom stereocenters. The van der Waals surface area contributed by atoms with Crippen LogP contribution in [-0.2, 0) is 11.3 Å². The predicted octanol–water partition coefficient (Wildman–Crippen LogP) is 4.28. The molecule has 2 rings (SSSR count). The Bertz CT molecular complexity index is 672. The van der Waals surface area contributed by atoms with Crippen molar-refractivity contribution in [3.8, 4) is 0 Å². The number of rotatable bonds is 7. The summed E-state index contributed by atoms with van der Waals surface area (Å²) in [6.45, 7) is 0.103. The summed E-state index contributed by atoms with van der Waals surface area (Å²) in [6.07, 6.45) is -3.11. The first-order valence-corrected chi connectivity index (χ1v) is 8.39. The summed E-state index contributed by atoms with van der Waals surface area (Å²) < 4.78 is 44.2. The van der Waals surface area contributed by atoms with Crippen LogP contribution in [-0.4, -0.2) is 30.1 Å². The van der Waals surface area contributed by atoms with Crippen LogP contribution >= 0.6 is 15.9 Å². The molecule has 1 amide bonds. The Morgan fingerprint density at radius 2 is 1.96 bits per heavy atom. The summed E-state index contributed by atoms with van der Waals surface area (Å²) in [5, 5.41) is 2.96. The van der Waals surface area contributed by atoms with Crippen molar-refractivity contribution in [3.63, 3.8) is 0 Å². The van der Waals surface area contributed by atoms with Gasteiger partial charge in [0.1, 0.15) is 12.3 Å². The van der Waals surface area contributed by atoms with Gasteiger partial charge >= 0.3 is 6.18 Å². The Hall–Kier alpha value is -1.80. The second-order valence-corrected chi connectivity index (χ2v) is 6.51. The summed E-state index contributed by atoms with van der Waals surface area (Å²) >= 11 is 3.34. The fraction of sp³-hybridized carbons (Fsp3) is 0.353. The van der Waals surface area contributed by atoms with Crippen LogP contribution in [0.3, 0.4) is 0 Å². The Morgan fingerprint density at radius 3 is 2.52 bits per heavy atom. The molecule has 0 saturated carbocycles. The van der Waals surface area contributed by atoms with E-state index in [9.17, 15) is 18.0 Å². The standard InChI is InChI=1S/C17H18BrF3N2O2/c1-12(13-4-6-14(18)7-5-13)22-9-16(24)23(11-17(19,20)21)10-15-3-2-8-25-15/h2-8,12,22H,9-11H2,1H3. The van der Waals surface area contributed by atoms with Gasteiger partial charge in [0.15, 0.2) is 0 Å². The van der Waals surface area contributed by atoms with E-state index in [1.807, 2.05) is 31.2 Å². The molecule has 1 heterocycles. The van der Waals surface area contributed by atoms with E-state index in [-0.39, 0.29) is 19.1 Å². The van der Waals surface area contributed by atoms with Crippen molar-refractivity contribution in [1.29, 1.82) is 0 Å². The third kappa shape index (κ3) is 6.55. The van der Waals surface area contributed by atoms with Crippen molar-refractivity contribution < 1.29 is 22.4 Å². The van der Waals surface area contributed by atoms with Gasteiger partial charge in [0, 0.05) is 10.5 Å². The number of nitrogens with one attached hydrogen (secondary N) is 1. The number of carbonyl (C=O) groups is 1. The molecule has 25 heavy (non-hydrogen) atoms. The van der Waals surface area contributed by atoms with Crippen molar-refractivity contribution in [2.75, 3.05) is 13.1 Å². The highest BCUT2D eigenvalue weighted by atomic mass is 79.9. The Morgan fingerprint density at radius 1 is 1.28 bits per heavy atom. The van der Waals surface area contributed by atoms with Gasteiger partial charge in [0.2, 0.25) is 5.91 Å². The summed E-state index contributed by atoms with van der Waals surface area (Å²) in [6, 6.07) is 10.4. The predicted molar refractivity (Wildman–Crippen MR) is 90.7 cm³/mol. The van der Waals surface area contributed by atoms with E-state index in [4.69, 9.17) is 4.42 Å². The molecule has 0 spiro atoms. The van der Waals surface area contributed by atoms with Crippen molar-refractivity contribution in [2.45, 2.75) is 25.7 Å². The third-order valence-electron chi connectivity index (χ3n) is 3.58. The second-order valence-electron chi connectivity index (χ2n) is 5.60. The number of halogens is 4. The normalized spacial score (nSPS) is 12.8. The molecule has 0 aliphatic carbocycles. The van der Waals surface area contributed by atoms with Gasteiger partial charge in [-0.15, -0.1) is 0 Å². The lowest BCUT2D eigenvalue weighted by molar-refractivity contribution is -0.162. The molecule has 0 fully saturated rings. The lowest BCUT2D eigenvalue weighted by Crippen LogP contribution is -2.43. The maximum atomic E-state index is 12.7. The molecule has 8 heteroatoms. The van der Waals surface area contributed by atoms with Gasteiger partial charge in [-0.25, -0.2) is 0 Å². The molecule has 2 aromatic rings. The van der Waals surface area contributed by atoms with Crippen LogP contribution in [0.25, 0.3) is 0 Å². The maximum absolute atomic E-state index is 12.7. The van der Waals surface area contributed by atoms with E-state index >= 15 is 0 Å². The molecule has 1 aromatic heterocycles. The Labute approximate surface area is 152 Å². The molecular formula is C17H18BrF3N2O2. The van der Waals surface area contributed by atoms with E-state index in [1.165, 1.54) is 12.3 Å². The molecule has 4 nitrogen and oxygen atoms in total. The average molecular weight is 419 g/mol. The van der Waals surface area contributed by atoms with E-state index in [1.54, 1.807) is 6.07 Å². The van der Waals surface area contributed by atoms with Crippen LogP contribution in [0.2, 0.25) is 0 Å². The number of furan rings is 1. The summed E-state index contributed by atoms with van der Waals surface area (Å²) in [4.78, 5) is 13.0.